The molecule has 0 aliphatic carbocycles. The standard InChI is InChI=1S/C21H26N4O/c1-3-25-10-8-17-11-16(6-7-20(17)25)13-24-9-4-5-18(14-24)19-12-21(26)23-15(2)22-19/h6-8,10-12,18H,3-5,9,13-14H2,1-2H3,(H,22,23,26). The second-order valence-corrected chi connectivity index (χ2v) is 7.32. The van der Waals surface area contributed by atoms with Gasteiger partial charge in [-0.25, -0.2) is 4.98 Å². The monoisotopic (exact) mass is 350 g/mol. The van der Waals surface area contributed by atoms with E-state index in [-0.39, 0.29) is 5.56 Å². The molecule has 0 amide bonds. The quantitative estimate of drug-likeness (QED) is 0.784. The summed E-state index contributed by atoms with van der Waals surface area (Å²) in [5.74, 6) is 1.05. The number of likely N-dealkylation sites (tertiary alicyclic amines) is 1. The van der Waals surface area contributed by atoms with Crippen LogP contribution in [0.1, 0.15) is 42.8 Å². The predicted octanol–water partition coefficient (Wildman–Crippen LogP) is 3.43. The highest BCUT2D eigenvalue weighted by Crippen LogP contribution is 2.27. The zero-order chi connectivity index (χ0) is 18.1. The Morgan fingerprint density at radius 3 is 2.96 bits per heavy atom. The van der Waals surface area contributed by atoms with Gasteiger partial charge in [-0.1, -0.05) is 6.07 Å². The fourth-order valence-corrected chi connectivity index (χ4v) is 4.13. The first-order valence-corrected chi connectivity index (χ1v) is 9.50. The smallest absolute Gasteiger partial charge is 0.251 e. The molecule has 0 radical (unpaired) electrons. The molecule has 26 heavy (non-hydrogen) atoms. The van der Waals surface area contributed by atoms with Crippen LogP contribution in [0.3, 0.4) is 0 Å². The normalized spacial score (nSPS) is 18.5. The Bertz CT molecular complexity index is 972. The first-order chi connectivity index (χ1) is 12.6. The molecule has 0 saturated carbocycles. The number of nitrogens with one attached hydrogen (secondary N) is 1. The molecule has 1 saturated heterocycles. The summed E-state index contributed by atoms with van der Waals surface area (Å²) in [5, 5.41) is 1.31. The Morgan fingerprint density at radius 1 is 1.27 bits per heavy atom. The third-order valence-corrected chi connectivity index (χ3v) is 5.39. The molecule has 1 unspecified atom stereocenters. The van der Waals surface area contributed by atoms with Gasteiger partial charge in [0.1, 0.15) is 5.82 Å². The van der Waals surface area contributed by atoms with Crippen molar-refractivity contribution in [2.45, 2.75) is 45.7 Å². The molecule has 2 aromatic heterocycles. The Balaban J connectivity index is 1.50. The number of H-pyrrole nitrogens is 1. The molecule has 1 aromatic carbocycles. The lowest BCUT2D eigenvalue weighted by molar-refractivity contribution is 0.198. The van der Waals surface area contributed by atoms with Crippen LogP contribution in [-0.4, -0.2) is 32.5 Å². The van der Waals surface area contributed by atoms with E-state index in [0.717, 1.165) is 44.7 Å². The third kappa shape index (κ3) is 3.44. The minimum absolute atomic E-state index is 0.0458. The number of aryl methyl sites for hydroxylation is 2. The summed E-state index contributed by atoms with van der Waals surface area (Å²) >= 11 is 0. The van der Waals surface area contributed by atoms with Crippen LogP contribution in [0.2, 0.25) is 0 Å². The van der Waals surface area contributed by atoms with Gasteiger partial charge in [-0.2, -0.15) is 0 Å². The van der Waals surface area contributed by atoms with Gasteiger partial charge >= 0.3 is 0 Å². The highest BCUT2D eigenvalue weighted by atomic mass is 16.1. The van der Waals surface area contributed by atoms with E-state index in [0.29, 0.717) is 11.7 Å². The molecule has 5 heteroatoms. The molecule has 1 N–H and O–H groups in total. The molecular formula is C21H26N4O. The van der Waals surface area contributed by atoms with Gasteiger partial charge in [0.15, 0.2) is 0 Å². The molecule has 136 valence electrons. The van der Waals surface area contributed by atoms with Crippen LogP contribution < -0.4 is 5.56 Å². The molecule has 5 nitrogen and oxygen atoms in total. The number of hydrogen-bond acceptors (Lipinski definition) is 3. The Hall–Kier alpha value is -2.40. The number of rotatable bonds is 4. The van der Waals surface area contributed by atoms with Crippen LogP contribution in [0.15, 0.2) is 41.3 Å². The predicted molar refractivity (Wildman–Crippen MR) is 104 cm³/mol. The van der Waals surface area contributed by atoms with Crippen LogP contribution in [0, 0.1) is 6.92 Å². The average molecular weight is 350 g/mol. The zero-order valence-corrected chi connectivity index (χ0v) is 15.5. The molecule has 1 fully saturated rings. The lowest BCUT2D eigenvalue weighted by Gasteiger charge is -2.32. The van der Waals surface area contributed by atoms with Gasteiger partial charge in [0.05, 0.1) is 5.69 Å². The fourth-order valence-electron chi connectivity index (χ4n) is 4.13. The van der Waals surface area contributed by atoms with E-state index in [1.54, 1.807) is 6.07 Å². The summed E-state index contributed by atoms with van der Waals surface area (Å²) < 4.78 is 2.27. The van der Waals surface area contributed by atoms with Crippen LogP contribution in [0.4, 0.5) is 0 Å². The van der Waals surface area contributed by atoms with Crippen LogP contribution >= 0.6 is 0 Å². The molecule has 3 aromatic rings. The third-order valence-electron chi connectivity index (χ3n) is 5.39. The molecular weight excluding hydrogens is 324 g/mol. The van der Waals surface area contributed by atoms with Crippen LogP contribution in [0.5, 0.6) is 0 Å². The van der Waals surface area contributed by atoms with E-state index in [9.17, 15) is 4.79 Å². The number of piperidine rings is 1. The van der Waals surface area contributed by atoms with Crippen molar-refractivity contribution in [3.63, 3.8) is 0 Å². The molecule has 1 aliphatic rings. The minimum Gasteiger partial charge on any atom is -0.348 e. The van der Waals surface area contributed by atoms with Gasteiger partial charge in [0.25, 0.3) is 5.56 Å². The largest absolute Gasteiger partial charge is 0.348 e. The summed E-state index contributed by atoms with van der Waals surface area (Å²) in [6.45, 7) is 8.04. The van der Waals surface area contributed by atoms with Gasteiger partial charge in [-0.15, -0.1) is 0 Å². The number of nitrogens with zero attached hydrogens (tertiary/aromatic N) is 3. The van der Waals surface area contributed by atoms with Crippen molar-refractivity contribution in [1.29, 1.82) is 0 Å². The van der Waals surface area contributed by atoms with Crippen molar-refractivity contribution in [2.75, 3.05) is 13.1 Å². The van der Waals surface area contributed by atoms with Gasteiger partial charge in [-0.3, -0.25) is 9.69 Å². The minimum atomic E-state index is -0.0458. The zero-order valence-electron chi connectivity index (χ0n) is 15.5. The van der Waals surface area contributed by atoms with Crippen LogP contribution in [-0.2, 0) is 13.1 Å². The van der Waals surface area contributed by atoms with Crippen molar-refractivity contribution < 1.29 is 0 Å². The molecule has 1 aliphatic heterocycles. The summed E-state index contributed by atoms with van der Waals surface area (Å²) in [4.78, 5) is 21.6. The van der Waals surface area contributed by atoms with E-state index >= 15 is 0 Å². The molecule has 3 heterocycles. The van der Waals surface area contributed by atoms with E-state index in [1.165, 1.54) is 16.5 Å². The lowest BCUT2D eigenvalue weighted by Crippen LogP contribution is -2.34. The van der Waals surface area contributed by atoms with Crippen molar-refractivity contribution >= 4 is 10.9 Å². The number of aromatic amines is 1. The van der Waals surface area contributed by atoms with E-state index < -0.39 is 0 Å². The number of fused-ring (bicyclic) bond motifs is 1. The molecule has 1 atom stereocenters. The Morgan fingerprint density at radius 2 is 2.15 bits per heavy atom. The van der Waals surface area contributed by atoms with E-state index in [1.807, 2.05) is 6.92 Å². The summed E-state index contributed by atoms with van der Waals surface area (Å²) in [6.07, 6.45) is 4.41. The van der Waals surface area contributed by atoms with Crippen molar-refractivity contribution in [3.05, 3.63) is 64.0 Å². The average Bonchev–Trinajstić information content (AvgIpc) is 3.03. The van der Waals surface area contributed by atoms with Gasteiger partial charge in [0.2, 0.25) is 0 Å². The lowest BCUT2D eigenvalue weighted by atomic mass is 9.94. The van der Waals surface area contributed by atoms with E-state index in [4.69, 9.17) is 0 Å². The van der Waals surface area contributed by atoms with Crippen molar-refractivity contribution in [2.24, 2.45) is 0 Å². The first kappa shape index (κ1) is 17.0. The highest BCUT2D eigenvalue weighted by Gasteiger charge is 2.23. The number of aromatic nitrogens is 3. The second kappa shape index (κ2) is 7.08. The second-order valence-electron chi connectivity index (χ2n) is 7.32. The maximum atomic E-state index is 11.8. The number of hydrogen-bond donors (Lipinski definition) is 1. The number of benzene rings is 1. The summed E-state index contributed by atoms with van der Waals surface area (Å²) in [5.41, 5.74) is 3.54. The SMILES string of the molecule is CCn1ccc2cc(CN3CCCC(c4cc(=O)[nH]c(C)n4)C3)ccc21. The van der Waals surface area contributed by atoms with Crippen LogP contribution in [0.25, 0.3) is 10.9 Å². The van der Waals surface area contributed by atoms with Crippen molar-refractivity contribution in [1.82, 2.24) is 19.4 Å². The summed E-state index contributed by atoms with van der Waals surface area (Å²) in [6, 6.07) is 10.6. The van der Waals surface area contributed by atoms with Crippen molar-refractivity contribution in [3.8, 4) is 0 Å². The fraction of sp³-hybridized carbons (Fsp3) is 0.429. The van der Waals surface area contributed by atoms with Gasteiger partial charge < -0.3 is 9.55 Å². The van der Waals surface area contributed by atoms with Gasteiger partial charge in [0, 0.05) is 43.3 Å². The van der Waals surface area contributed by atoms with E-state index in [2.05, 4.69) is 56.8 Å². The molecule has 4 rings (SSSR count). The summed E-state index contributed by atoms with van der Waals surface area (Å²) in [7, 11) is 0. The molecule has 0 spiro atoms. The molecule has 0 bridgehead atoms. The maximum absolute atomic E-state index is 11.8. The Kier molecular flexibility index (Phi) is 4.64. The Labute approximate surface area is 153 Å². The topological polar surface area (TPSA) is 53.9 Å². The maximum Gasteiger partial charge on any atom is 0.251 e. The first-order valence-electron chi connectivity index (χ1n) is 9.50. The highest BCUT2D eigenvalue weighted by molar-refractivity contribution is 5.80. The van der Waals surface area contributed by atoms with Gasteiger partial charge in [-0.05, 0) is 62.4 Å².